The second kappa shape index (κ2) is 11.9. The minimum Gasteiger partial charge on any atom is -0.399 e. The number of alkyl halides is 2. The smallest absolute Gasteiger partial charge is 0.265 e. The van der Waals surface area contributed by atoms with Crippen molar-refractivity contribution < 1.29 is 40.5 Å². The van der Waals surface area contributed by atoms with Gasteiger partial charge in [0, 0.05) is 64.7 Å². The van der Waals surface area contributed by atoms with Crippen molar-refractivity contribution in [3.05, 3.63) is 70.0 Å². The second-order valence-corrected chi connectivity index (χ2v) is 11.5. The van der Waals surface area contributed by atoms with Crippen LogP contribution in [0.25, 0.3) is 11.0 Å². The third-order valence-electron chi connectivity index (χ3n) is 8.58. The summed E-state index contributed by atoms with van der Waals surface area (Å²) in [6, 6.07) is 7.99. The zero-order chi connectivity index (χ0) is 27.9. The van der Waals surface area contributed by atoms with Gasteiger partial charge in [0.2, 0.25) is 0 Å². The molecule has 0 radical (unpaired) electrons. The molecule has 3 aromatic rings. The molecule has 2 fully saturated rings. The Hall–Kier alpha value is -2.66. The van der Waals surface area contributed by atoms with Gasteiger partial charge >= 0.3 is 0 Å². The number of nitrogens with one attached hydrogen (secondary N) is 1. The van der Waals surface area contributed by atoms with E-state index in [0.717, 1.165) is 44.7 Å². The van der Waals surface area contributed by atoms with E-state index in [-0.39, 0.29) is 50.8 Å². The first-order valence-corrected chi connectivity index (χ1v) is 14.1. The normalized spacial score (nSPS) is 23.5. The van der Waals surface area contributed by atoms with Crippen LogP contribution in [0.5, 0.6) is 0 Å². The van der Waals surface area contributed by atoms with Crippen molar-refractivity contribution in [3.63, 3.8) is 0 Å². The minimum atomic E-state index is -3.29. The summed E-state index contributed by atoms with van der Waals surface area (Å²) in [7, 11) is 0. The number of rotatable bonds is 1. The summed E-state index contributed by atoms with van der Waals surface area (Å²) < 4.78 is 47.5. The molecule has 4 aliphatic rings. The van der Waals surface area contributed by atoms with Gasteiger partial charge in [-0.25, -0.2) is 18.7 Å². The molecule has 7 nitrogen and oxygen atoms in total. The Morgan fingerprint density at radius 3 is 2.51 bits per heavy atom. The van der Waals surface area contributed by atoms with Crippen molar-refractivity contribution in [3.8, 4) is 6.07 Å². The summed E-state index contributed by atoms with van der Waals surface area (Å²) in [6.07, 6.45) is 6.90. The van der Waals surface area contributed by atoms with Crippen LogP contribution in [0, 0.1) is 29.6 Å². The van der Waals surface area contributed by atoms with Crippen LogP contribution < -0.4 is 10.9 Å². The molecule has 41 heavy (non-hydrogen) atoms. The molecule has 1 N–H and O–H groups in total. The van der Waals surface area contributed by atoms with E-state index in [0.29, 0.717) is 54.9 Å². The predicted octanol–water partition coefficient (Wildman–Crippen LogP) is 5.48. The molecule has 0 atom stereocenters. The van der Waals surface area contributed by atoms with Crippen LogP contribution in [0.4, 0.5) is 19.0 Å². The number of fused-ring (bicyclic) bond motifs is 8. The molecule has 0 spiro atoms. The van der Waals surface area contributed by atoms with E-state index in [2.05, 4.69) is 26.3 Å². The van der Waals surface area contributed by atoms with Crippen molar-refractivity contribution in [1.29, 1.82) is 5.26 Å². The van der Waals surface area contributed by atoms with Gasteiger partial charge in [0.15, 0.2) is 0 Å². The van der Waals surface area contributed by atoms with Crippen LogP contribution in [0.15, 0.2) is 35.4 Å². The first-order valence-electron chi connectivity index (χ1n) is 14.1. The van der Waals surface area contributed by atoms with E-state index < -0.39 is 22.7 Å². The Morgan fingerprint density at radius 2 is 1.78 bits per heavy atom. The number of hydrogen-bond donors (Lipinski definition) is 1. The maximum Gasteiger partial charge on any atom is 0.265 e. The standard InChI is InChI=1S/C30H32F3N6O.Cd/c31-25-21-7-6-8-23(25)30(32,33)14-20-16-38(17-20)11-4-2-1-3-5-12-39-27-22(26(35-15-21)36-19-37-27)13-24(28(39)40)29(18-34)9-10-29;/h6-8,13,15,19-20H,1-5,9-12,14,16-17H2,(H,35,36,37);/q-1;. The average Bonchev–Trinajstić information content (AvgIpc) is 3.71. The number of aromatic nitrogens is 3. The van der Waals surface area contributed by atoms with Crippen molar-refractivity contribution in [2.45, 2.75) is 69.2 Å². The topological polar surface area (TPSA) is 86.8 Å². The van der Waals surface area contributed by atoms with Gasteiger partial charge in [0.25, 0.3) is 11.5 Å². The second-order valence-electron chi connectivity index (χ2n) is 11.5. The molecule has 3 aliphatic heterocycles. The predicted molar refractivity (Wildman–Crippen MR) is 145 cm³/mol. The monoisotopic (exact) mass is 663 g/mol. The summed E-state index contributed by atoms with van der Waals surface area (Å²) in [5.41, 5.74) is -0.827. The molecule has 1 saturated carbocycles. The van der Waals surface area contributed by atoms with E-state index in [1.807, 2.05) is 0 Å². The number of halogens is 3. The first kappa shape index (κ1) is 29.8. The summed E-state index contributed by atoms with van der Waals surface area (Å²) >= 11 is 0. The molecule has 0 amide bonds. The van der Waals surface area contributed by atoms with E-state index in [9.17, 15) is 10.1 Å². The molecule has 212 valence electrons. The molecule has 1 aromatic carbocycles. The Kier molecular flexibility index (Phi) is 8.67. The largest absolute Gasteiger partial charge is 0.399 e. The molecule has 8 bridgehead atoms. The first-order chi connectivity index (χ1) is 19.3. The number of anilines is 1. The molecule has 2 aromatic heterocycles. The van der Waals surface area contributed by atoms with E-state index in [1.165, 1.54) is 25.0 Å². The summed E-state index contributed by atoms with van der Waals surface area (Å²) in [6.45, 7) is 3.87. The Morgan fingerprint density at radius 1 is 1.05 bits per heavy atom. The molecule has 1 aliphatic carbocycles. The van der Waals surface area contributed by atoms with Crippen LogP contribution in [-0.4, -0.2) is 39.1 Å². The summed E-state index contributed by atoms with van der Waals surface area (Å²) in [5, 5.41) is 13.3. The van der Waals surface area contributed by atoms with Crippen LogP contribution >= 0.6 is 0 Å². The summed E-state index contributed by atoms with van der Waals surface area (Å²) in [5.74, 6) is -4.11. The fourth-order valence-corrected chi connectivity index (χ4v) is 6.10. The van der Waals surface area contributed by atoms with Crippen molar-refractivity contribution in [2.75, 3.05) is 25.0 Å². The van der Waals surface area contributed by atoms with Gasteiger partial charge in [0.05, 0.1) is 16.9 Å². The molecule has 0 unspecified atom stereocenters. The van der Waals surface area contributed by atoms with Gasteiger partial charge in [-0.05, 0) is 49.8 Å². The number of nitrogens with zero attached hydrogens (tertiary/aromatic N) is 5. The molecular formula is C30H32CdF3N6O-. The van der Waals surface area contributed by atoms with E-state index in [4.69, 9.17) is 0 Å². The van der Waals surface area contributed by atoms with E-state index in [1.54, 1.807) is 10.6 Å². The number of nitriles is 1. The Labute approximate surface area is 257 Å². The zero-order valence-corrected chi connectivity index (χ0v) is 27.0. The van der Waals surface area contributed by atoms with Crippen molar-refractivity contribution in [1.82, 2.24) is 19.4 Å². The van der Waals surface area contributed by atoms with Gasteiger partial charge in [0.1, 0.15) is 17.8 Å². The average molecular weight is 662 g/mol. The van der Waals surface area contributed by atoms with Crippen molar-refractivity contribution >= 4 is 16.9 Å². The molecule has 11 heteroatoms. The van der Waals surface area contributed by atoms with Gasteiger partial charge in [-0.15, -0.1) is 11.6 Å². The number of pyridine rings is 1. The number of hydrogen-bond acceptors (Lipinski definition) is 6. The van der Waals surface area contributed by atoms with Crippen LogP contribution in [0.1, 0.15) is 68.1 Å². The van der Waals surface area contributed by atoms with Gasteiger partial charge < -0.3 is 10.2 Å². The van der Waals surface area contributed by atoms with Crippen LogP contribution in [0.2, 0.25) is 0 Å². The zero-order valence-electron chi connectivity index (χ0n) is 23.0. The molecule has 7 rings (SSSR count). The van der Waals surface area contributed by atoms with Crippen LogP contribution in [0.3, 0.4) is 0 Å². The van der Waals surface area contributed by atoms with Gasteiger partial charge in [-0.1, -0.05) is 31.9 Å². The van der Waals surface area contributed by atoms with Gasteiger partial charge in [-0.2, -0.15) is 11.3 Å². The third-order valence-corrected chi connectivity index (χ3v) is 8.58. The third kappa shape index (κ3) is 5.84. The molecular weight excluding hydrogens is 630 g/mol. The molecule has 5 heterocycles. The Balaban J connectivity index is 0.00000337. The fourth-order valence-electron chi connectivity index (χ4n) is 6.10. The van der Waals surface area contributed by atoms with Crippen LogP contribution in [-0.2, 0) is 45.2 Å². The summed E-state index contributed by atoms with van der Waals surface area (Å²) in [4.78, 5) is 24.5. The maximum atomic E-state index is 15.4. The quantitative estimate of drug-likeness (QED) is 0.275. The number of aryl methyl sites for hydroxylation is 1. The fraction of sp³-hybridized carbons (Fsp3) is 0.500. The SMILES string of the molecule is N#CC1(c2cc3c4ncnc3n(c2=O)CCCCCCCN2CC(C2)CC(F)(F)c2cccc(c2F)[CH-]N4)CC1.[Cd]. The van der Waals surface area contributed by atoms with Gasteiger partial charge in [-0.3, -0.25) is 13.8 Å². The Bertz CT molecular complexity index is 1530. The van der Waals surface area contributed by atoms with Crippen molar-refractivity contribution in [2.24, 2.45) is 5.92 Å². The van der Waals surface area contributed by atoms with E-state index >= 15 is 13.2 Å². The molecule has 1 saturated heterocycles. The minimum absolute atomic E-state index is 0. The number of benzene rings is 1. The maximum absolute atomic E-state index is 15.4.